The summed E-state index contributed by atoms with van der Waals surface area (Å²) in [6, 6.07) is 13.0. The molecule has 4 heteroatoms. The molecule has 2 N–H and O–H groups in total. The van der Waals surface area contributed by atoms with Crippen molar-refractivity contribution >= 4 is 28.9 Å². The fourth-order valence-electron chi connectivity index (χ4n) is 1.58. The highest BCUT2D eigenvalue weighted by atomic mass is 35.5. The van der Waals surface area contributed by atoms with Gasteiger partial charge in [0, 0.05) is 21.3 Å². The van der Waals surface area contributed by atoms with Gasteiger partial charge in [-0.15, -0.1) is 0 Å². The molecule has 0 aliphatic carbocycles. The third-order valence-electron chi connectivity index (χ3n) is 2.58. The molecule has 0 heterocycles. The second kappa shape index (κ2) is 6.10. The first-order valence-corrected chi connectivity index (χ1v) is 6.27. The van der Waals surface area contributed by atoms with Crippen molar-refractivity contribution in [3.63, 3.8) is 0 Å². The van der Waals surface area contributed by atoms with Gasteiger partial charge in [0.1, 0.15) is 0 Å². The smallest absolute Gasteiger partial charge is 0.0741 e. The van der Waals surface area contributed by atoms with Crippen LogP contribution in [0.4, 0.5) is 5.69 Å². The molecule has 0 saturated carbocycles. The molecule has 2 nitrogen and oxygen atoms in total. The average Bonchev–Trinajstić information content (AvgIpc) is 2.34. The number of anilines is 1. The van der Waals surface area contributed by atoms with E-state index < -0.39 is 0 Å². The quantitative estimate of drug-likeness (QED) is 0.849. The van der Waals surface area contributed by atoms with Crippen LogP contribution in [0, 0.1) is 0 Å². The summed E-state index contributed by atoms with van der Waals surface area (Å²) >= 11 is 11.9. The first-order chi connectivity index (χ1) is 8.66. The van der Waals surface area contributed by atoms with Crippen LogP contribution in [-0.2, 0) is 18.0 Å². The molecule has 18 heavy (non-hydrogen) atoms. The Morgan fingerprint density at radius 1 is 0.944 bits per heavy atom. The minimum Gasteiger partial charge on any atom is -0.398 e. The second-order valence-electron chi connectivity index (χ2n) is 3.93. The Hall–Kier alpha value is -1.22. The largest absolute Gasteiger partial charge is 0.398 e. The molecule has 94 valence electrons. The van der Waals surface area contributed by atoms with Crippen molar-refractivity contribution in [1.29, 1.82) is 0 Å². The van der Waals surface area contributed by atoms with Gasteiger partial charge >= 0.3 is 0 Å². The summed E-state index contributed by atoms with van der Waals surface area (Å²) in [5.41, 5.74) is 8.37. The van der Waals surface area contributed by atoms with Gasteiger partial charge in [-0.25, -0.2) is 0 Å². The average molecular weight is 282 g/mol. The van der Waals surface area contributed by atoms with Crippen molar-refractivity contribution in [3.05, 3.63) is 63.6 Å². The molecule has 0 radical (unpaired) electrons. The lowest BCUT2D eigenvalue weighted by Gasteiger charge is -2.08. The van der Waals surface area contributed by atoms with Crippen molar-refractivity contribution in [2.75, 3.05) is 5.73 Å². The number of ether oxygens (including phenoxy) is 1. The Kier molecular flexibility index (Phi) is 4.48. The molecule has 0 aromatic heterocycles. The zero-order valence-electron chi connectivity index (χ0n) is 9.70. The summed E-state index contributed by atoms with van der Waals surface area (Å²) in [6.45, 7) is 0.899. The third kappa shape index (κ3) is 3.39. The van der Waals surface area contributed by atoms with Crippen LogP contribution < -0.4 is 5.73 Å². The van der Waals surface area contributed by atoms with E-state index >= 15 is 0 Å². The van der Waals surface area contributed by atoms with Crippen LogP contribution in [0.15, 0.2) is 42.5 Å². The number of rotatable bonds is 4. The molecule has 0 spiro atoms. The van der Waals surface area contributed by atoms with Crippen LogP contribution in [0.5, 0.6) is 0 Å². The van der Waals surface area contributed by atoms with Gasteiger partial charge in [0.05, 0.1) is 13.2 Å². The van der Waals surface area contributed by atoms with Gasteiger partial charge in [-0.1, -0.05) is 47.5 Å². The maximum atomic E-state index is 6.04. The highest BCUT2D eigenvalue weighted by molar-refractivity contribution is 6.31. The van der Waals surface area contributed by atoms with Gasteiger partial charge in [0.15, 0.2) is 0 Å². The number of nitrogen functional groups attached to an aromatic ring is 1. The van der Waals surface area contributed by atoms with Gasteiger partial charge in [0.2, 0.25) is 0 Å². The Labute approximate surface area is 116 Å². The lowest BCUT2D eigenvalue weighted by molar-refractivity contribution is 0.107. The minimum atomic E-state index is 0.439. The topological polar surface area (TPSA) is 35.2 Å². The zero-order valence-corrected chi connectivity index (χ0v) is 11.2. The van der Waals surface area contributed by atoms with Gasteiger partial charge in [-0.3, -0.25) is 0 Å². The summed E-state index contributed by atoms with van der Waals surface area (Å²) in [5, 5.41) is 1.34. The Morgan fingerprint density at radius 2 is 1.67 bits per heavy atom. The van der Waals surface area contributed by atoms with E-state index in [4.69, 9.17) is 33.7 Å². The van der Waals surface area contributed by atoms with E-state index in [0.717, 1.165) is 11.1 Å². The molecule has 0 unspecified atom stereocenters. The number of halogens is 2. The van der Waals surface area contributed by atoms with Gasteiger partial charge in [-0.2, -0.15) is 0 Å². The number of benzene rings is 2. The standard InChI is InChI=1S/C14H13Cl2NO/c15-12-6-5-11(14(17)7-12)9-18-8-10-3-1-2-4-13(10)16/h1-7H,8-9,17H2. The van der Waals surface area contributed by atoms with Crippen LogP contribution in [0.3, 0.4) is 0 Å². The molecule has 0 fully saturated rings. The van der Waals surface area contributed by atoms with Gasteiger partial charge in [0.25, 0.3) is 0 Å². The van der Waals surface area contributed by atoms with E-state index in [0.29, 0.717) is 28.9 Å². The molecule has 2 aromatic carbocycles. The SMILES string of the molecule is Nc1cc(Cl)ccc1COCc1ccccc1Cl. The van der Waals surface area contributed by atoms with Gasteiger partial charge < -0.3 is 10.5 Å². The van der Waals surface area contributed by atoms with Crippen molar-refractivity contribution in [2.24, 2.45) is 0 Å². The maximum absolute atomic E-state index is 6.04. The fraction of sp³-hybridized carbons (Fsp3) is 0.143. The molecule has 0 bridgehead atoms. The minimum absolute atomic E-state index is 0.439. The summed E-state index contributed by atoms with van der Waals surface area (Å²) in [7, 11) is 0. The molecule has 0 atom stereocenters. The van der Waals surface area contributed by atoms with Crippen LogP contribution >= 0.6 is 23.2 Å². The van der Waals surface area contributed by atoms with Crippen LogP contribution in [0.2, 0.25) is 10.0 Å². The first-order valence-electron chi connectivity index (χ1n) is 5.52. The highest BCUT2D eigenvalue weighted by Crippen LogP contribution is 2.20. The molecular weight excluding hydrogens is 269 g/mol. The predicted molar refractivity (Wildman–Crippen MR) is 75.8 cm³/mol. The summed E-state index contributed by atoms with van der Waals surface area (Å²) in [6.07, 6.45) is 0. The number of hydrogen-bond donors (Lipinski definition) is 1. The predicted octanol–water partition coefficient (Wildman–Crippen LogP) is 4.29. The highest BCUT2D eigenvalue weighted by Gasteiger charge is 2.02. The summed E-state index contributed by atoms with van der Waals surface area (Å²) in [4.78, 5) is 0. The summed E-state index contributed by atoms with van der Waals surface area (Å²) in [5.74, 6) is 0. The van der Waals surface area contributed by atoms with Crippen molar-refractivity contribution < 1.29 is 4.74 Å². The van der Waals surface area contributed by atoms with E-state index in [-0.39, 0.29) is 0 Å². The number of nitrogens with two attached hydrogens (primary N) is 1. The summed E-state index contributed by atoms with van der Waals surface area (Å²) < 4.78 is 5.60. The monoisotopic (exact) mass is 281 g/mol. The Morgan fingerprint density at radius 3 is 2.39 bits per heavy atom. The van der Waals surface area contributed by atoms with Crippen molar-refractivity contribution in [3.8, 4) is 0 Å². The normalized spacial score (nSPS) is 10.6. The molecule has 0 saturated heterocycles. The second-order valence-corrected chi connectivity index (χ2v) is 4.77. The van der Waals surface area contributed by atoms with Crippen LogP contribution in [0.25, 0.3) is 0 Å². The Bertz CT molecular complexity index is 543. The van der Waals surface area contributed by atoms with E-state index in [1.165, 1.54) is 0 Å². The molecule has 0 aliphatic rings. The first kappa shape index (κ1) is 13.2. The van der Waals surface area contributed by atoms with E-state index in [1.54, 1.807) is 12.1 Å². The van der Waals surface area contributed by atoms with Crippen molar-refractivity contribution in [1.82, 2.24) is 0 Å². The lowest BCUT2D eigenvalue weighted by Crippen LogP contribution is -1.99. The molecule has 0 amide bonds. The zero-order chi connectivity index (χ0) is 13.0. The van der Waals surface area contributed by atoms with E-state index in [1.807, 2.05) is 30.3 Å². The van der Waals surface area contributed by atoms with Crippen LogP contribution in [0.1, 0.15) is 11.1 Å². The molecule has 0 aliphatic heterocycles. The number of hydrogen-bond acceptors (Lipinski definition) is 2. The van der Waals surface area contributed by atoms with Crippen molar-refractivity contribution in [2.45, 2.75) is 13.2 Å². The molecular formula is C14H13Cl2NO. The fourth-order valence-corrected chi connectivity index (χ4v) is 1.95. The van der Waals surface area contributed by atoms with Crippen LogP contribution in [-0.4, -0.2) is 0 Å². The van der Waals surface area contributed by atoms with E-state index in [9.17, 15) is 0 Å². The Balaban J connectivity index is 1.95. The molecule has 2 aromatic rings. The van der Waals surface area contributed by atoms with E-state index in [2.05, 4.69) is 0 Å². The maximum Gasteiger partial charge on any atom is 0.0741 e. The van der Waals surface area contributed by atoms with Gasteiger partial charge in [-0.05, 0) is 23.8 Å². The third-order valence-corrected chi connectivity index (χ3v) is 3.18. The lowest BCUT2D eigenvalue weighted by atomic mass is 10.2. The molecule has 2 rings (SSSR count).